The first-order chi connectivity index (χ1) is 12.0. The summed E-state index contributed by atoms with van der Waals surface area (Å²) >= 11 is 0. The molecule has 0 bridgehead atoms. The lowest BCUT2D eigenvalue weighted by atomic mass is 9.97. The number of benzene rings is 2. The van der Waals surface area contributed by atoms with E-state index in [9.17, 15) is 9.90 Å². The third kappa shape index (κ3) is 4.42. The minimum atomic E-state index is -1.04. The summed E-state index contributed by atoms with van der Waals surface area (Å²) in [5.74, 6) is 0.488. The van der Waals surface area contributed by atoms with Crippen LogP contribution >= 0.6 is 0 Å². The Bertz CT molecular complexity index is 754. The average Bonchev–Trinajstić information content (AvgIpc) is 2.61. The van der Waals surface area contributed by atoms with Crippen LogP contribution in [0.5, 0.6) is 17.2 Å². The standard InChI is InChI=1S/C19H22O6/c1-12-5-6-13(17(7-12)25-11-22-2)8-15-16(19(20)21)9-14(23-3)10-18(15)24-4/h5-7,9-10H,8,11H2,1-4H3,(H,20,21). The van der Waals surface area contributed by atoms with Gasteiger partial charge in [-0.15, -0.1) is 0 Å². The van der Waals surface area contributed by atoms with Crippen molar-refractivity contribution in [3.63, 3.8) is 0 Å². The maximum Gasteiger partial charge on any atom is 0.336 e. The molecule has 0 saturated carbocycles. The highest BCUT2D eigenvalue weighted by Gasteiger charge is 2.19. The molecule has 25 heavy (non-hydrogen) atoms. The van der Waals surface area contributed by atoms with Crippen LogP contribution in [0.2, 0.25) is 0 Å². The van der Waals surface area contributed by atoms with Gasteiger partial charge in [0.25, 0.3) is 0 Å². The molecule has 0 atom stereocenters. The number of hydrogen-bond acceptors (Lipinski definition) is 5. The maximum atomic E-state index is 11.7. The molecule has 0 amide bonds. The summed E-state index contributed by atoms with van der Waals surface area (Å²) in [6.45, 7) is 2.07. The van der Waals surface area contributed by atoms with Gasteiger partial charge in [-0.3, -0.25) is 0 Å². The number of carbonyl (C=O) groups is 1. The molecular formula is C19H22O6. The quantitative estimate of drug-likeness (QED) is 0.740. The maximum absolute atomic E-state index is 11.7. The molecule has 2 rings (SSSR count). The Morgan fingerprint density at radius 3 is 2.40 bits per heavy atom. The predicted molar refractivity (Wildman–Crippen MR) is 93.0 cm³/mol. The van der Waals surface area contributed by atoms with E-state index in [1.807, 2.05) is 25.1 Å². The minimum Gasteiger partial charge on any atom is -0.497 e. The van der Waals surface area contributed by atoms with E-state index < -0.39 is 5.97 Å². The van der Waals surface area contributed by atoms with Crippen molar-refractivity contribution < 1.29 is 28.8 Å². The molecule has 0 radical (unpaired) electrons. The van der Waals surface area contributed by atoms with Crippen molar-refractivity contribution in [2.75, 3.05) is 28.1 Å². The zero-order chi connectivity index (χ0) is 18.4. The largest absolute Gasteiger partial charge is 0.497 e. The van der Waals surface area contributed by atoms with Crippen LogP contribution in [-0.4, -0.2) is 39.2 Å². The van der Waals surface area contributed by atoms with E-state index in [0.717, 1.165) is 11.1 Å². The van der Waals surface area contributed by atoms with Crippen LogP contribution in [0.1, 0.15) is 27.0 Å². The average molecular weight is 346 g/mol. The van der Waals surface area contributed by atoms with Gasteiger partial charge in [-0.25, -0.2) is 4.79 Å². The van der Waals surface area contributed by atoms with Gasteiger partial charge in [-0.1, -0.05) is 12.1 Å². The van der Waals surface area contributed by atoms with E-state index >= 15 is 0 Å². The number of aromatic carboxylic acids is 1. The van der Waals surface area contributed by atoms with Gasteiger partial charge < -0.3 is 24.1 Å². The molecule has 6 heteroatoms. The summed E-state index contributed by atoms with van der Waals surface area (Å²) in [5.41, 5.74) is 2.57. The molecular weight excluding hydrogens is 324 g/mol. The third-order valence-electron chi connectivity index (χ3n) is 3.79. The lowest BCUT2D eigenvalue weighted by Crippen LogP contribution is -2.08. The number of carboxylic acid groups (broad SMARTS) is 1. The van der Waals surface area contributed by atoms with Gasteiger partial charge in [-0.05, 0) is 30.2 Å². The van der Waals surface area contributed by atoms with Crippen LogP contribution in [-0.2, 0) is 11.2 Å². The van der Waals surface area contributed by atoms with Crippen LogP contribution in [0, 0.1) is 6.92 Å². The number of carboxylic acids is 1. The van der Waals surface area contributed by atoms with Gasteiger partial charge in [0.1, 0.15) is 17.2 Å². The Kier molecular flexibility index (Phi) is 6.25. The molecule has 0 aromatic heterocycles. The normalized spacial score (nSPS) is 10.4. The Morgan fingerprint density at radius 2 is 1.80 bits per heavy atom. The van der Waals surface area contributed by atoms with E-state index in [-0.39, 0.29) is 12.4 Å². The van der Waals surface area contributed by atoms with Crippen LogP contribution in [0.4, 0.5) is 0 Å². The molecule has 2 aromatic rings. The first kappa shape index (κ1) is 18.6. The van der Waals surface area contributed by atoms with Crippen molar-refractivity contribution in [1.82, 2.24) is 0 Å². The van der Waals surface area contributed by atoms with E-state index in [1.165, 1.54) is 20.3 Å². The second kappa shape index (κ2) is 8.39. The van der Waals surface area contributed by atoms with Crippen molar-refractivity contribution in [1.29, 1.82) is 0 Å². The Labute approximate surface area is 146 Å². The summed E-state index contributed by atoms with van der Waals surface area (Å²) in [7, 11) is 4.53. The summed E-state index contributed by atoms with van der Waals surface area (Å²) in [5, 5.41) is 9.58. The van der Waals surface area contributed by atoms with E-state index in [4.69, 9.17) is 18.9 Å². The lowest BCUT2D eigenvalue weighted by Gasteiger charge is -2.16. The van der Waals surface area contributed by atoms with Gasteiger partial charge >= 0.3 is 5.97 Å². The Balaban J connectivity index is 2.51. The number of rotatable bonds is 8. The molecule has 0 saturated heterocycles. The predicted octanol–water partition coefficient (Wildman–Crippen LogP) is 3.28. The molecule has 2 aromatic carbocycles. The number of methoxy groups -OCH3 is 3. The van der Waals surface area contributed by atoms with Crippen LogP contribution in [0.3, 0.4) is 0 Å². The highest BCUT2D eigenvalue weighted by molar-refractivity contribution is 5.91. The van der Waals surface area contributed by atoms with Crippen molar-refractivity contribution in [2.45, 2.75) is 13.3 Å². The molecule has 6 nitrogen and oxygen atoms in total. The van der Waals surface area contributed by atoms with Gasteiger partial charge in [0.05, 0.1) is 19.8 Å². The fourth-order valence-corrected chi connectivity index (χ4v) is 2.55. The van der Waals surface area contributed by atoms with Crippen LogP contribution in [0.15, 0.2) is 30.3 Å². The van der Waals surface area contributed by atoms with E-state index in [0.29, 0.717) is 29.2 Å². The molecule has 0 aliphatic heterocycles. The van der Waals surface area contributed by atoms with Crippen molar-refractivity contribution >= 4 is 5.97 Å². The number of ether oxygens (including phenoxy) is 4. The van der Waals surface area contributed by atoms with E-state index in [2.05, 4.69) is 0 Å². The van der Waals surface area contributed by atoms with Gasteiger partial charge in [0.15, 0.2) is 6.79 Å². The van der Waals surface area contributed by atoms with Gasteiger partial charge in [0, 0.05) is 25.2 Å². The SMILES string of the molecule is COCOc1cc(C)ccc1Cc1c(OC)cc(OC)cc1C(=O)O. The van der Waals surface area contributed by atoms with E-state index in [1.54, 1.807) is 13.2 Å². The molecule has 0 aliphatic rings. The molecule has 0 unspecified atom stereocenters. The molecule has 0 spiro atoms. The van der Waals surface area contributed by atoms with Crippen molar-refractivity contribution in [2.24, 2.45) is 0 Å². The molecule has 1 N–H and O–H groups in total. The second-order valence-electron chi connectivity index (χ2n) is 5.50. The minimum absolute atomic E-state index is 0.113. The number of hydrogen-bond donors (Lipinski definition) is 1. The second-order valence-corrected chi connectivity index (χ2v) is 5.50. The van der Waals surface area contributed by atoms with Crippen molar-refractivity contribution in [3.8, 4) is 17.2 Å². The fraction of sp³-hybridized carbons (Fsp3) is 0.316. The van der Waals surface area contributed by atoms with Crippen molar-refractivity contribution in [3.05, 3.63) is 52.6 Å². The summed E-state index contributed by atoms with van der Waals surface area (Å²) in [4.78, 5) is 11.7. The monoisotopic (exact) mass is 346 g/mol. The van der Waals surface area contributed by atoms with Crippen LogP contribution < -0.4 is 14.2 Å². The first-order valence-corrected chi connectivity index (χ1v) is 7.69. The van der Waals surface area contributed by atoms with Crippen LogP contribution in [0.25, 0.3) is 0 Å². The lowest BCUT2D eigenvalue weighted by molar-refractivity contribution is 0.0504. The molecule has 0 fully saturated rings. The summed E-state index contributed by atoms with van der Waals surface area (Å²) in [6, 6.07) is 8.92. The van der Waals surface area contributed by atoms with Gasteiger partial charge in [0.2, 0.25) is 0 Å². The molecule has 0 heterocycles. The zero-order valence-corrected chi connectivity index (χ0v) is 14.8. The van der Waals surface area contributed by atoms with Gasteiger partial charge in [-0.2, -0.15) is 0 Å². The first-order valence-electron chi connectivity index (χ1n) is 7.69. The Hall–Kier alpha value is -2.73. The highest BCUT2D eigenvalue weighted by Crippen LogP contribution is 2.33. The smallest absolute Gasteiger partial charge is 0.336 e. The summed E-state index contributed by atoms with van der Waals surface area (Å²) < 4.78 is 21.1. The fourth-order valence-electron chi connectivity index (χ4n) is 2.55. The zero-order valence-electron chi connectivity index (χ0n) is 14.8. The number of aryl methyl sites for hydroxylation is 1. The molecule has 0 aliphatic carbocycles. The Morgan fingerprint density at radius 1 is 1.04 bits per heavy atom. The summed E-state index contributed by atoms with van der Waals surface area (Å²) in [6.07, 6.45) is 0.341. The topological polar surface area (TPSA) is 74.2 Å². The third-order valence-corrected chi connectivity index (χ3v) is 3.79. The highest BCUT2D eigenvalue weighted by atomic mass is 16.7. The molecule has 134 valence electrons.